The maximum absolute atomic E-state index is 12.0. The van der Waals surface area contributed by atoms with E-state index in [-0.39, 0.29) is 17.4 Å². The van der Waals surface area contributed by atoms with E-state index in [1.807, 2.05) is 31.2 Å². The summed E-state index contributed by atoms with van der Waals surface area (Å²) in [5.74, 6) is -0.0330. The monoisotopic (exact) mass is 289 g/mol. The van der Waals surface area contributed by atoms with Crippen molar-refractivity contribution in [2.45, 2.75) is 13.3 Å². The molecule has 0 saturated carbocycles. The minimum absolute atomic E-state index is 0.163. The largest absolute Gasteiger partial charge is 0.384 e. The molecule has 4 nitrogen and oxygen atoms in total. The Balaban J connectivity index is 1.96. The fourth-order valence-electron chi connectivity index (χ4n) is 1.90. The summed E-state index contributed by atoms with van der Waals surface area (Å²) >= 11 is 5.93. The van der Waals surface area contributed by atoms with E-state index in [1.165, 1.54) is 11.1 Å². The summed E-state index contributed by atoms with van der Waals surface area (Å²) in [6.07, 6.45) is 0.762. The lowest BCUT2D eigenvalue weighted by molar-refractivity contribution is 0.0949. The zero-order valence-electron chi connectivity index (χ0n) is 11.2. The van der Waals surface area contributed by atoms with Crippen molar-refractivity contribution in [1.82, 2.24) is 10.3 Å². The van der Waals surface area contributed by atoms with Crippen LogP contribution in [0.3, 0.4) is 0 Å². The number of anilines is 1. The average molecular weight is 290 g/mol. The van der Waals surface area contributed by atoms with Crippen LogP contribution in [0.25, 0.3) is 0 Å². The van der Waals surface area contributed by atoms with Gasteiger partial charge in [-0.15, -0.1) is 0 Å². The number of aromatic nitrogens is 1. The minimum atomic E-state index is -0.309. The Labute approximate surface area is 123 Å². The Bertz CT molecular complexity index is 628. The maximum Gasteiger partial charge on any atom is 0.271 e. The molecule has 0 bridgehead atoms. The lowest BCUT2D eigenvalue weighted by atomic mass is 10.1. The zero-order valence-corrected chi connectivity index (χ0v) is 11.9. The van der Waals surface area contributed by atoms with Gasteiger partial charge in [0.1, 0.15) is 11.5 Å². The van der Waals surface area contributed by atoms with Crippen molar-refractivity contribution in [3.63, 3.8) is 0 Å². The van der Waals surface area contributed by atoms with Gasteiger partial charge in [-0.05, 0) is 36.6 Å². The van der Waals surface area contributed by atoms with Crippen LogP contribution in [0.15, 0.2) is 36.4 Å². The summed E-state index contributed by atoms with van der Waals surface area (Å²) in [6, 6.07) is 11.2. The van der Waals surface area contributed by atoms with Crippen LogP contribution in [0.5, 0.6) is 0 Å². The van der Waals surface area contributed by atoms with Gasteiger partial charge >= 0.3 is 0 Å². The second-order valence-electron chi connectivity index (χ2n) is 4.50. The number of hydrogen-bond acceptors (Lipinski definition) is 3. The van der Waals surface area contributed by atoms with Gasteiger partial charge in [0.15, 0.2) is 0 Å². The van der Waals surface area contributed by atoms with Crippen molar-refractivity contribution in [2.75, 3.05) is 12.3 Å². The Kier molecular flexibility index (Phi) is 4.58. The number of carbonyl (C=O) groups is 1. The average Bonchev–Trinajstić information content (AvgIpc) is 2.43. The van der Waals surface area contributed by atoms with Gasteiger partial charge in [0.05, 0.1) is 5.02 Å². The normalized spacial score (nSPS) is 10.3. The third-order valence-electron chi connectivity index (χ3n) is 3.02. The number of nitrogens with two attached hydrogens (primary N) is 1. The van der Waals surface area contributed by atoms with E-state index in [0.717, 1.165) is 6.42 Å². The highest BCUT2D eigenvalue weighted by Crippen LogP contribution is 2.15. The number of nitrogens with one attached hydrogen (secondary N) is 1. The van der Waals surface area contributed by atoms with Gasteiger partial charge in [-0.25, -0.2) is 4.98 Å². The van der Waals surface area contributed by atoms with Gasteiger partial charge in [0.2, 0.25) is 0 Å². The Morgan fingerprint density at radius 3 is 2.80 bits per heavy atom. The van der Waals surface area contributed by atoms with Crippen molar-refractivity contribution < 1.29 is 4.79 Å². The SMILES string of the molecule is Cc1ccccc1CCNC(=O)c1nc(N)ccc1Cl. The number of nitrogens with zero attached hydrogens (tertiary/aromatic N) is 1. The van der Waals surface area contributed by atoms with E-state index in [1.54, 1.807) is 12.1 Å². The summed E-state index contributed by atoms with van der Waals surface area (Å²) in [5.41, 5.74) is 8.14. The quantitative estimate of drug-likeness (QED) is 0.909. The number of benzene rings is 1. The highest BCUT2D eigenvalue weighted by molar-refractivity contribution is 6.33. The molecule has 0 aliphatic heterocycles. The number of hydrogen-bond donors (Lipinski definition) is 2. The molecule has 1 aromatic carbocycles. The van der Waals surface area contributed by atoms with Crippen LogP contribution < -0.4 is 11.1 Å². The lowest BCUT2D eigenvalue weighted by Crippen LogP contribution is -2.27. The first-order valence-electron chi connectivity index (χ1n) is 6.32. The smallest absolute Gasteiger partial charge is 0.271 e. The van der Waals surface area contributed by atoms with Crippen LogP contribution in [0.1, 0.15) is 21.6 Å². The third-order valence-corrected chi connectivity index (χ3v) is 3.33. The van der Waals surface area contributed by atoms with E-state index in [0.29, 0.717) is 11.6 Å². The van der Waals surface area contributed by atoms with Gasteiger partial charge in [-0.2, -0.15) is 0 Å². The molecule has 20 heavy (non-hydrogen) atoms. The molecule has 3 N–H and O–H groups in total. The highest BCUT2D eigenvalue weighted by Gasteiger charge is 2.12. The van der Waals surface area contributed by atoms with Crippen LogP contribution in [0, 0.1) is 6.92 Å². The molecule has 1 aromatic heterocycles. The Hall–Kier alpha value is -2.07. The summed E-state index contributed by atoms with van der Waals surface area (Å²) in [7, 11) is 0. The second kappa shape index (κ2) is 6.39. The summed E-state index contributed by atoms with van der Waals surface area (Å²) in [5, 5.41) is 3.10. The third kappa shape index (κ3) is 3.48. The van der Waals surface area contributed by atoms with Gasteiger partial charge in [-0.3, -0.25) is 4.79 Å². The Morgan fingerprint density at radius 1 is 1.30 bits per heavy atom. The van der Waals surface area contributed by atoms with Crippen LogP contribution >= 0.6 is 11.6 Å². The molecule has 104 valence electrons. The summed E-state index contributed by atoms with van der Waals surface area (Å²) in [6.45, 7) is 2.57. The molecule has 0 radical (unpaired) electrons. The van der Waals surface area contributed by atoms with Crippen molar-refractivity contribution in [1.29, 1.82) is 0 Å². The molecular formula is C15H16ClN3O. The number of nitrogen functional groups attached to an aromatic ring is 1. The van der Waals surface area contributed by atoms with Crippen LogP contribution in [0.4, 0.5) is 5.82 Å². The van der Waals surface area contributed by atoms with E-state index >= 15 is 0 Å². The van der Waals surface area contributed by atoms with Crippen molar-refractivity contribution in [2.24, 2.45) is 0 Å². The molecule has 0 atom stereocenters. The van der Waals surface area contributed by atoms with Crippen molar-refractivity contribution >= 4 is 23.3 Å². The van der Waals surface area contributed by atoms with E-state index in [9.17, 15) is 4.79 Å². The molecule has 0 aliphatic carbocycles. The Morgan fingerprint density at radius 2 is 2.05 bits per heavy atom. The standard InChI is InChI=1S/C15H16ClN3O/c1-10-4-2-3-5-11(10)8-9-18-15(20)14-12(16)6-7-13(17)19-14/h2-7H,8-9H2,1H3,(H2,17,19)(H,18,20). The molecule has 2 rings (SSSR count). The number of rotatable bonds is 4. The number of carbonyl (C=O) groups excluding carboxylic acids is 1. The molecule has 0 saturated heterocycles. The number of amides is 1. The van der Waals surface area contributed by atoms with E-state index in [4.69, 9.17) is 17.3 Å². The molecule has 0 aliphatic rings. The van der Waals surface area contributed by atoms with E-state index in [2.05, 4.69) is 10.3 Å². The predicted octanol–water partition coefficient (Wildman–Crippen LogP) is 2.60. The van der Waals surface area contributed by atoms with E-state index < -0.39 is 0 Å². The fourth-order valence-corrected chi connectivity index (χ4v) is 2.09. The highest BCUT2D eigenvalue weighted by atomic mass is 35.5. The molecule has 0 unspecified atom stereocenters. The zero-order chi connectivity index (χ0) is 14.5. The first kappa shape index (κ1) is 14.3. The van der Waals surface area contributed by atoms with Crippen LogP contribution in [0.2, 0.25) is 5.02 Å². The lowest BCUT2D eigenvalue weighted by Gasteiger charge is -2.08. The number of aryl methyl sites for hydroxylation is 1. The summed E-state index contributed by atoms with van der Waals surface area (Å²) < 4.78 is 0. The molecule has 2 aromatic rings. The van der Waals surface area contributed by atoms with Crippen LogP contribution in [-0.2, 0) is 6.42 Å². The topological polar surface area (TPSA) is 68.0 Å². The van der Waals surface area contributed by atoms with Gasteiger partial charge in [0.25, 0.3) is 5.91 Å². The van der Waals surface area contributed by atoms with Crippen molar-refractivity contribution in [3.8, 4) is 0 Å². The number of pyridine rings is 1. The minimum Gasteiger partial charge on any atom is -0.384 e. The molecule has 5 heteroatoms. The van der Waals surface area contributed by atoms with Gasteiger partial charge in [-0.1, -0.05) is 35.9 Å². The van der Waals surface area contributed by atoms with Crippen LogP contribution in [-0.4, -0.2) is 17.4 Å². The fraction of sp³-hybridized carbons (Fsp3) is 0.200. The van der Waals surface area contributed by atoms with Gasteiger partial charge < -0.3 is 11.1 Å². The number of halogens is 1. The first-order chi connectivity index (χ1) is 9.58. The van der Waals surface area contributed by atoms with Crippen molar-refractivity contribution in [3.05, 3.63) is 58.2 Å². The van der Waals surface area contributed by atoms with Gasteiger partial charge in [0, 0.05) is 6.54 Å². The maximum atomic E-state index is 12.0. The first-order valence-corrected chi connectivity index (χ1v) is 6.70. The molecule has 1 heterocycles. The summed E-state index contributed by atoms with van der Waals surface area (Å²) in [4.78, 5) is 15.9. The predicted molar refractivity (Wildman–Crippen MR) is 80.9 cm³/mol. The molecular weight excluding hydrogens is 274 g/mol. The molecule has 0 fully saturated rings. The molecule has 0 spiro atoms. The second-order valence-corrected chi connectivity index (χ2v) is 4.91. The molecule has 1 amide bonds.